The van der Waals surface area contributed by atoms with Crippen molar-refractivity contribution < 1.29 is 26.7 Å². The molecule has 0 atom stereocenters. The Labute approximate surface area is 195 Å². The summed E-state index contributed by atoms with van der Waals surface area (Å²) in [4.78, 5) is 10.3. The van der Waals surface area contributed by atoms with Gasteiger partial charge in [0.2, 0.25) is 0 Å². The molecule has 0 saturated heterocycles. The normalized spacial score (nSPS) is 11.8. The molecule has 0 bridgehead atoms. The van der Waals surface area contributed by atoms with E-state index in [1.807, 2.05) is 4.72 Å². The van der Waals surface area contributed by atoms with Crippen LogP contribution in [0.1, 0.15) is 5.69 Å². The molecule has 178 valence electrons. The number of nitrogens with one attached hydrogen (secondary N) is 3. The van der Waals surface area contributed by atoms with E-state index in [1.54, 1.807) is 6.20 Å². The average molecular weight is 500 g/mol. The molecule has 0 unspecified atom stereocenters. The first kappa shape index (κ1) is 22.6. The Hall–Kier alpha value is -4.23. The first-order valence-corrected chi connectivity index (χ1v) is 11.5. The number of benzene rings is 2. The van der Waals surface area contributed by atoms with Gasteiger partial charge in [-0.25, -0.2) is 26.6 Å². The van der Waals surface area contributed by atoms with Gasteiger partial charge >= 0.3 is 0 Å². The predicted molar refractivity (Wildman–Crippen MR) is 120 cm³/mol. The van der Waals surface area contributed by atoms with Crippen molar-refractivity contribution in [3.8, 4) is 22.6 Å². The lowest BCUT2D eigenvalue weighted by atomic mass is 10.0. The number of halogens is 3. The zero-order chi connectivity index (χ0) is 24.7. The van der Waals surface area contributed by atoms with Crippen LogP contribution in [0.2, 0.25) is 0 Å². The van der Waals surface area contributed by atoms with Gasteiger partial charge in [-0.3, -0.25) is 14.8 Å². The van der Waals surface area contributed by atoms with E-state index >= 15 is 8.78 Å². The fourth-order valence-electron chi connectivity index (χ4n) is 3.69. The smallest absolute Gasteiger partial charge is 0.263 e. The van der Waals surface area contributed by atoms with Crippen LogP contribution in [0.5, 0.6) is 0 Å². The van der Waals surface area contributed by atoms with E-state index in [9.17, 15) is 17.9 Å². The number of anilines is 1. The fraction of sp³-hybridized carbons (Fsp3) is 0.0455. The average Bonchev–Trinajstić information content (AvgIpc) is 3.52. The Morgan fingerprint density at radius 3 is 2.57 bits per heavy atom. The topological polar surface area (TPSA) is 137 Å². The number of aromatic nitrogens is 5. The van der Waals surface area contributed by atoms with Crippen molar-refractivity contribution in [3.63, 3.8) is 0 Å². The molecule has 9 nitrogen and oxygen atoms in total. The molecule has 4 N–H and O–H groups in total. The summed E-state index contributed by atoms with van der Waals surface area (Å²) in [6, 6.07) is 6.78. The van der Waals surface area contributed by atoms with E-state index in [4.69, 9.17) is 0 Å². The zero-order valence-electron chi connectivity index (χ0n) is 17.6. The van der Waals surface area contributed by atoms with Gasteiger partial charge in [-0.1, -0.05) is 6.07 Å². The molecule has 5 aromatic rings. The van der Waals surface area contributed by atoms with Crippen LogP contribution in [0.15, 0.2) is 59.9 Å². The third-order valence-corrected chi connectivity index (χ3v) is 6.73. The van der Waals surface area contributed by atoms with Gasteiger partial charge in [-0.2, -0.15) is 5.10 Å². The molecule has 3 heterocycles. The van der Waals surface area contributed by atoms with Gasteiger partial charge in [0.15, 0.2) is 17.5 Å². The second kappa shape index (κ2) is 8.52. The molecule has 5 rings (SSSR count). The number of aliphatic hydroxyl groups excluding tert-OH is 1. The van der Waals surface area contributed by atoms with Crippen molar-refractivity contribution in [3.05, 3.63) is 78.1 Å². The molecular formula is C22H15F3N6O3S. The molecule has 35 heavy (non-hydrogen) atoms. The van der Waals surface area contributed by atoms with Crippen molar-refractivity contribution in [1.82, 2.24) is 25.1 Å². The van der Waals surface area contributed by atoms with Crippen LogP contribution in [0.4, 0.5) is 18.9 Å². The Kier molecular flexibility index (Phi) is 5.49. The summed E-state index contributed by atoms with van der Waals surface area (Å²) in [6.45, 7) is -0.677. The molecule has 13 heteroatoms. The van der Waals surface area contributed by atoms with Crippen LogP contribution in [-0.4, -0.2) is 38.7 Å². The zero-order valence-corrected chi connectivity index (χ0v) is 18.4. The molecule has 0 radical (unpaired) electrons. The Bertz CT molecular complexity index is 1670. The van der Waals surface area contributed by atoms with Crippen molar-refractivity contribution in [2.24, 2.45) is 0 Å². The lowest BCUT2D eigenvalue weighted by molar-refractivity contribution is 0.273. The minimum absolute atomic E-state index is 0.162. The number of fused-ring (bicyclic) bond motifs is 1. The minimum Gasteiger partial charge on any atom is -0.390 e. The third kappa shape index (κ3) is 3.80. The summed E-state index contributed by atoms with van der Waals surface area (Å²) in [6.07, 6.45) is 4.35. The fourth-order valence-corrected chi connectivity index (χ4v) is 4.93. The summed E-state index contributed by atoms with van der Waals surface area (Å²) < 4.78 is 73.1. The highest BCUT2D eigenvalue weighted by molar-refractivity contribution is 7.92. The molecule has 0 saturated carbocycles. The van der Waals surface area contributed by atoms with Crippen molar-refractivity contribution in [1.29, 1.82) is 0 Å². The number of hydrogen-bond donors (Lipinski definition) is 4. The maximum absolute atomic E-state index is 15.4. The highest BCUT2D eigenvalue weighted by atomic mass is 32.2. The van der Waals surface area contributed by atoms with Crippen LogP contribution in [0.3, 0.4) is 0 Å². The third-order valence-electron chi connectivity index (χ3n) is 5.29. The maximum Gasteiger partial charge on any atom is 0.263 e. The quantitative estimate of drug-likeness (QED) is 0.281. The molecule has 2 aromatic carbocycles. The number of aromatic amines is 2. The highest BCUT2D eigenvalue weighted by Crippen LogP contribution is 2.37. The van der Waals surface area contributed by atoms with E-state index < -0.39 is 50.9 Å². The van der Waals surface area contributed by atoms with Crippen LogP contribution in [0, 0.1) is 17.5 Å². The van der Waals surface area contributed by atoms with Gasteiger partial charge in [0.1, 0.15) is 21.9 Å². The Morgan fingerprint density at radius 1 is 1.00 bits per heavy atom. The minimum atomic E-state index is -4.41. The Morgan fingerprint density at radius 2 is 1.83 bits per heavy atom. The number of pyridine rings is 1. The van der Waals surface area contributed by atoms with E-state index in [1.165, 1.54) is 36.7 Å². The van der Waals surface area contributed by atoms with E-state index in [0.29, 0.717) is 16.9 Å². The molecule has 0 aliphatic carbocycles. The number of sulfonamides is 1. The Balaban J connectivity index is 1.60. The van der Waals surface area contributed by atoms with E-state index in [0.717, 1.165) is 12.1 Å². The number of nitrogens with zero attached hydrogens (tertiary/aromatic N) is 3. The number of rotatable bonds is 6. The molecular weight excluding hydrogens is 485 g/mol. The first-order chi connectivity index (χ1) is 16.8. The molecule has 0 fully saturated rings. The summed E-state index contributed by atoms with van der Waals surface area (Å²) in [5.74, 6) is -3.05. The van der Waals surface area contributed by atoms with Gasteiger partial charge in [0.25, 0.3) is 10.0 Å². The molecule has 0 aliphatic heterocycles. The van der Waals surface area contributed by atoms with Gasteiger partial charge in [-0.05, 0) is 30.3 Å². The molecule has 3 aromatic heterocycles. The maximum atomic E-state index is 15.4. The second-order valence-electron chi connectivity index (χ2n) is 7.36. The number of imidazole rings is 1. The van der Waals surface area contributed by atoms with Crippen LogP contribution >= 0.6 is 0 Å². The summed E-state index contributed by atoms with van der Waals surface area (Å²) in [5, 5.41) is 16.3. The van der Waals surface area contributed by atoms with Crippen molar-refractivity contribution in [2.75, 3.05) is 4.72 Å². The van der Waals surface area contributed by atoms with Gasteiger partial charge in [0, 0.05) is 29.5 Å². The van der Waals surface area contributed by atoms with Crippen molar-refractivity contribution in [2.45, 2.75) is 11.5 Å². The SMILES string of the molecule is O=S(=O)(Nc1ccc(F)c(-c2ccc3c(-c4ncc[nH]4)[nH]nc3c2F)c1F)c1cccnc1CO. The van der Waals surface area contributed by atoms with Crippen LogP contribution in [-0.2, 0) is 16.6 Å². The largest absolute Gasteiger partial charge is 0.390 e. The highest BCUT2D eigenvalue weighted by Gasteiger charge is 2.26. The lowest BCUT2D eigenvalue weighted by Crippen LogP contribution is -2.17. The number of H-pyrrole nitrogens is 2. The summed E-state index contributed by atoms with van der Waals surface area (Å²) in [7, 11) is -4.41. The molecule has 0 spiro atoms. The summed E-state index contributed by atoms with van der Waals surface area (Å²) >= 11 is 0. The number of aliphatic hydroxyl groups is 1. The molecule has 0 aliphatic rings. The van der Waals surface area contributed by atoms with Gasteiger partial charge in [0.05, 0.1) is 23.6 Å². The first-order valence-electron chi connectivity index (χ1n) is 10.0. The predicted octanol–water partition coefficient (Wildman–Crippen LogP) is 3.73. The summed E-state index contributed by atoms with van der Waals surface area (Å²) in [5.41, 5.74) is -1.81. The second-order valence-corrected chi connectivity index (χ2v) is 9.01. The van der Waals surface area contributed by atoms with E-state index in [2.05, 4.69) is 25.1 Å². The van der Waals surface area contributed by atoms with E-state index in [-0.39, 0.29) is 16.1 Å². The standard InChI is InChI=1S/C22H15F3N6O3S/c23-13-5-6-14(31-35(33,34)16-2-1-7-26-15(16)10-32)19(25)17(13)11-3-4-12-20(18(11)24)29-30-21(12)22-27-8-9-28-22/h1-9,31-32H,10H2,(H,27,28)(H,29,30). The van der Waals surface area contributed by atoms with Crippen LogP contribution in [0.25, 0.3) is 33.5 Å². The number of hydrogen-bond acceptors (Lipinski definition) is 6. The van der Waals surface area contributed by atoms with Crippen LogP contribution < -0.4 is 4.72 Å². The monoisotopic (exact) mass is 500 g/mol. The van der Waals surface area contributed by atoms with Gasteiger partial charge < -0.3 is 10.1 Å². The van der Waals surface area contributed by atoms with Crippen molar-refractivity contribution >= 4 is 26.6 Å². The lowest BCUT2D eigenvalue weighted by Gasteiger charge is -2.14. The van der Waals surface area contributed by atoms with Gasteiger partial charge in [-0.15, -0.1) is 0 Å². The molecule has 0 amide bonds.